The number of nitrogens with two attached hydrogens (primary N) is 1. The summed E-state index contributed by atoms with van der Waals surface area (Å²) < 4.78 is 2.29. The zero-order valence-corrected chi connectivity index (χ0v) is 13.0. The molecule has 0 fully saturated rings. The fourth-order valence-electron chi connectivity index (χ4n) is 2.81. The Hall–Kier alpha value is -2.36. The average molecular weight is 294 g/mol. The van der Waals surface area contributed by atoms with Crippen molar-refractivity contribution in [2.75, 3.05) is 5.73 Å². The van der Waals surface area contributed by atoms with Crippen molar-refractivity contribution in [2.24, 2.45) is 0 Å². The summed E-state index contributed by atoms with van der Waals surface area (Å²) in [6.45, 7) is 3.20. The zero-order valence-electron chi connectivity index (χ0n) is 13.0. The molecule has 2 aromatic heterocycles. The lowest BCUT2D eigenvalue weighted by molar-refractivity contribution is 0.594. The van der Waals surface area contributed by atoms with Crippen LogP contribution in [-0.4, -0.2) is 14.5 Å². The first-order valence-electron chi connectivity index (χ1n) is 7.96. The summed E-state index contributed by atoms with van der Waals surface area (Å²) in [5.41, 5.74) is 9.93. The molecule has 4 heteroatoms. The van der Waals surface area contributed by atoms with Crippen molar-refractivity contribution < 1.29 is 0 Å². The first kappa shape index (κ1) is 14.6. The van der Waals surface area contributed by atoms with Crippen LogP contribution in [0.5, 0.6) is 0 Å². The molecule has 0 atom stereocenters. The molecule has 22 heavy (non-hydrogen) atoms. The van der Waals surface area contributed by atoms with E-state index in [-0.39, 0.29) is 0 Å². The van der Waals surface area contributed by atoms with Crippen molar-refractivity contribution in [3.05, 3.63) is 42.7 Å². The molecule has 0 saturated heterocycles. The van der Waals surface area contributed by atoms with Crippen molar-refractivity contribution in [1.82, 2.24) is 14.5 Å². The monoisotopic (exact) mass is 294 g/mol. The molecule has 0 radical (unpaired) electrons. The van der Waals surface area contributed by atoms with E-state index >= 15 is 0 Å². The topological polar surface area (TPSA) is 56.7 Å². The maximum Gasteiger partial charge on any atom is 0.141 e. The molecule has 4 nitrogen and oxygen atoms in total. The predicted molar refractivity (Wildman–Crippen MR) is 91.5 cm³/mol. The van der Waals surface area contributed by atoms with Crippen LogP contribution in [0.1, 0.15) is 32.6 Å². The minimum atomic E-state index is 0.736. The van der Waals surface area contributed by atoms with Gasteiger partial charge in [0.25, 0.3) is 0 Å². The number of unbranched alkanes of at least 4 members (excludes halogenated alkanes) is 3. The van der Waals surface area contributed by atoms with Gasteiger partial charge in [-0.2, -0.15) is 0 Å². The number of nitrogen functional groups attached to an aromatic ring is 1. The molecule has 0 aliphatic carbocycles. The lowest BCUT2D eigenvalue weighted by Crippen LogP contribution is -2.01. The van der Waals surface area contributed by atoms with Crippen molar-refractivity contribution in [3.8, 4) is 11.4 Å². The number of anilines is 1. The van der Waals surface area contributed by atoms with Gasteiger partial charge >= 0.3 is 0 Å². The second-order valence-electron chi connectivity index (χ2n) is 5.60. The molecular weight excluding hydrogens is 272 g/mol. The highest BCUT2D eigenvalue weighted by atomic mass is 15.1. The smallest absolute Gasteiger partial charge is 0.141 e. The van der Waals surface area contributed by atoms with E-state index in [1.807, 2.05) is 24.3 Å². The van der Waals surface area contributed by atoms with Gasteiger partial charge in [0.05, 0.1) is 11.2 Å². The van der Waals surface area contributed by atoms with E-state index in [0.717, 1.165) is 41.1 Å². The molecule has 3 rings (SSSR count). The van der Waals surface area contributed by atoms with Gasteiger partial charge < -0.3 is 10.3 Å². The van der Waals surface area contributed by atoms with Crippen LogP contribution in [0.2, 0.25) is 0 Å². The van der Waals surface area contributed by atoms with Crippen LogP contribution in [0.15, 0.2) is 42.7 Å². The van der Waals surface area contributed by atoms with Crippen molar-refractivity contribution in [2.45, 2.75) is 39.2 Å². The van der Waals surface area contributed by atoms with E-state index in [0.29, 0.717) is 0 Å². The van der Waals surface area contributed by atoms with Crippen LogP contribution in [0.4, 0.5) is 5.69 Å². The van der Waals surface area contributed by atoms with E-state index in [1.54, 1.807) is 12.4 Å². The molecular formula is C18H22N4. The summed E-state index contributed by atoms with van der Waals surface area (Å²) in [5, 5.41) is 0. The van der Waals surface area contributed by atoms with Crippen LogP contribution in [-0.2, 0) is 6.54 Å². The Bertz CT molecular complexity index is 746. The molecule has 0 amide bonds. The van der Waals surface area contributed by atoms with E-state index in [9.17, 15) is 0 Å². The van der Waals surface area contributed by atoms with E-state index < -0.39 is 0 Å². The fourth-order valence-corrected chi connectivity index (χ4v) is 2.81. The first-order chi connectivity index (χ1) is 10.8. The third-order valence-electron chi connectivity index (χ3n) is 3.98. The number of rotatable bonds is 6. The molecule has 0 spiro atoms. The number of hydrogen-bond acceptors (Lipinski definition) is 3. The second kappa shape index (κ2) is 6.60. The third kappa shape index (κ3) is 2.82. The van der Waals surface area contributed by atoms with Gasteiger partial charge in [0, 0.05) is 24.5 Å². The summed E-state index contributed by atoms with van der Waals surface area (Å²) in [5.74, 6) is 0.979. The second-order valence-corrected chi connectivity index (χ2v) is 5.60. The van der Waals surface area contributed by atoms with E-state index in [1.165, 1.54) is 19.3 Å². The molecule has 2 N–H and O–H groups in total. The summed E-state index contributed by atoms with van der Waals surface area (Å²) in [6.07, 6.45) is 8.54. The largest absolute Gasteiger partial charge is 0.397 e. The number of nitrogens with zero attached hydrogens (tertiary/aromatic N) is 3. The van der Waals surface area contributed by atoms with Crippen LogP contribution in [0.3, 0.4) is 0 Å². The molecule has 0 unspecified atom stereocenters. The minimum absolute atomic E-state index is 0.736. The number of imidazole rings is 1. The number of aryl methyl sites for hydroxylation is 1. The normalized spacial score (nSPS) is 11.1. The SMILES string of the molecule is CCCCCCn1c(-c2ccncc2)nc2c(N)cccc21. The number of pyridine rings is 1. The fraction of sp³-hybridized carbons (Fsp3) is 0.333. The van der Waals surface area contributed by atoms with Crippen LogP contribution in [0.25, 0.3) is 22.4 Å². The molecule has 0 bridgehead atoms. The highest BCUT2D eigenvalue weighted by Gasteiger charge is 2.13. The quantitative estimate of drug-likeness (QED) is 0.546. The molecule has 0 saturated carbocycles. The van der Waals surface area contributed by atoms with Gasteiger partial charge in [-0.3, -0.25) is 4.98 Å². The Morgan fingerprint density at radius 1 is 1.05 bits per heavy atom. The molecule has 0 aliphatic heterocycles. The van der Waals surface area contributed by atoms with Gasteiger partial charge in [-0.1, -0.05) is 32.3 Å². The lowest BCUT2D eigenvalue weighted by Gasteiger charge is -2.09. The molecule has 2 heterocycles. The van der Waals surface area contributed by atoms with E-state index in [4.69, 9.17) is 10.7 Å². The van der Waals surface area contributed by atoms with Gasteiger partial charge in [0.15, 0.2) is 0 Å². The zero-order chi connectivity index (χ0) is 15.4. The number of fused-ring (bicyclic) bond motifs is 1. The molecule has 1 aromatic carbocycles. The molecule has 0 aliphatic rings. The maximum atomic E-state index is 6.10. The highest BCUT2D eigenvalue weighted by Crippen LogP contribution is 2.28. The van der Waals surface area contributed by atoms with E-state index in [2.05, 4.69) is 22.5 Å². The van der Waals surface area contributed by atoms with Gasteiger partial charge in [-0.05, 0) is 30.7 Å². The predicted octanol–water partition coefficient (Wildman–Crippen LogP) is 4.26. The molecule has 3 aromatic rings. The maximum absolute atomic E-state index is 6.10. The van der Waals surface area contributed by atoms with Gasteiger partial charge in [-0.25, -0.2) is 4.98 Å². The summed E-state index contributed by atoms with van der Waals surface area (Å²) in [7, 11) is 0. The Kier molecular flexibility index (Phi) is 4.37. The number of aromatic nitrogens is 3. The highest BCUT2D eigenvalue weighted by molar-refractivity contribution is 5.90. The van der Waals surface area contributed by atoms with Crippen LogP contribution >= 0.6 is 0 Å². The van der Waals surface area contributed by atoms with Crippen molar-refractivity contribution in [3.63, 3.8) is 0 Å². The van der Waals surface area contributed by atoms with Crippen molar-refractivity contribution >= 4 is 16.7 Å². The van der Waals surface area contributed by atoms with Gasteiger partial charge in [0.1, 0.15) is 11.3 Å². The first-order valence-corrected chi connectivity index (χ1v) is 7.96. The Morgan fingerprint density at radius 2 is 1.86 bits per heavy atom. The molecule has 114 valence electrons. The summed E-state index contributed by atoms with van der Waals surface area (Å²) in [4.78, 5) is 8.89. The number of para-hydroxylation sites is 1. The van der Waals surface area contributed by atoms with Crippen LogP contribution < -0.4 is 5.73 Å². The summed E-state index contributed by atoms with van der Waals surface area (Å²) >= 11 is 0. The minimum Gasteiger partial charge on any atom is -0.397 e. The third-order valence-corrected chi connectivity index (χ3v) is 3.98. The standard InChI is InChI=1S/C18H22N4/c1-2-3-4-5-13-22-16-8-6-7-15(19)17(16)21-18(22)14-9-11-20-12-10-14/h6-12H,2-5,13,19H2,1H3. The van der Waals surface area contributed by atoms with Gasteiger partial charge in [0.2, 0.25) is 0 Å². The number of benzene rings is 1. The Morgan fingerprint density at radius 3 is 2.64 bits per heavy atom. The number of hydrogen-bond donors (Lipinski definition) is 1. The van der Waals surface area contributed by atoms with Crippen molar-refractivity contribution in [1.29, 1.82) is 0 Å². The average Bonchev–Trinajstić information content (AvgIpc) is 2.93. The Labute approximate surface area is 131 Å². The van der Waals surface area contributed by atoms with Crippen LogP contribution in [0, 0.1) is 0 Å². The Balaban J connectivity index is 2.04. The van der Waals surface area contributed by atoms with Gasteiger partial charge in [-0.15, -0.1) is 0 Å². The summed E-state index contributed by atoms with van der Waals surface area (Å²) in [6, 6.07) is 10.0. The lowest BCUT2D eigenvalue weighted by atomic mass is 10.2.